The molecule has 0 fully saturated rings. The number of carbonyl (C=O) groups is 2. The first kappa shape index (κ1) is 30.7. The minimum atomic E-state index is -4.71. The molecule has 0 aromatic heterocycles. The van der Waals surface area contributed by atoms with E-state index < -0.39 is 46.2 Å². The molecular weight excluding hydrogens is 543 g/mol. The van der Waals surface area contributed by atoms with Crippen molar-refractivity contribution in [3.8, 4) is 0 Å². The van der Waals surface area contributed by atoms with E-state index in [4.69, 9.17) is 0 Å². The van der Waals surface area contributed by atoms with Crippen molar-refractivity contribution in [2.45, 2.75) is 38.5 Å². The Morgan fingerprint density at radius 2 is 1.50 bits per heavy atom. The van der Waals surface area contributed by atoms with E-state index in [1.165, 1.54) is 11.0 Å². The molecule has 1 N–H and O–H groups in total. The van der Waals surface area contributed by atoms with Crippen molar-refractivity contribution >= 4 is 27.5 Å². The van der Waals surface area contributed by atoms with Gasteiger partial charge in [0.2, 0.25) is 21.8 Å². The molecule has 0 saturated heterocycles. The normalized spacial score (nSPS) is 12.4. The zero-order valence-electron chi connectivity index (χ0n) is 22.3. The molecule has 0 heterocycles. The summed E-state index contributed by atoms with van der Waals surface area (Å²) in [6, 6.07) is 20.7. The van der Waals surface area contributed by atoms with Crippen LogP contribution in [0, 0.1) is 0 Å². The molecule has 7 nitrogen and oxygen atoms in total. The number of rotatable bonds is 12. The van der Waals surface area contributed by atoms with Crippen LogP contribution in [0.4, 0.5) is 18.9 Å². The van der Waals surface area contributed by atoms with Gasteiger partial charge in [0, 0.05) is 19.5 Å². The summed E-state index contributed by atoms with van der Waals surface area (Å²) in [4.78, 5) is 28.6. The SMILES string of the molecule is CCCNC(=O)C(Cc1ccccc1)N(Cc1ccccc1)C(=O)CN(c1cccc(C(F)(F)F)c1)S(C)(=O)=O. The van der Waals surface area contributed by atoms with Gasteiger partial charge in [-0.05, 0) is 35.7 Å². The van der Waals surface area contributed by atoms with Gasteiger partial charge < -0.3 is 10.2 Å². The number of halogens is 3. The third-order valence-corrected chi connectivity index (χ3v) is 7.30. The Hall–Kier alpha value is -3.86. The molecule has 2 amide bonds. The van der Waals surface area contributed by atoms with Gasteiger partial charge in [0.1, 0.15) is 12.6 Å². The highest BCUT2D eigenvalue weighted by atomic mass is 32.2. The average molecular weight is 576 g/mol. The van der Waals surface area contributed by atoms with Crippen molar-refractivity contribution < 1.29 is 31.2 Å². The fraction of sp³-hybridized carbons (Fsp3) is 0.310. The van der Waals surface area contributed by atoms with Crippen LogP contribution < -0.4 is 9.62 Å². The topological polar surface area (TPSA) is 86.8 Å². The third kappa shape index (κ3) is 8.57. The molecule has 11 heteroatoms. The van der Waals surface area contributed by atoms with E-state index in [1.54, 1.807) is 42.5 Å². The number of alkyl halides is 3. The first-order chi connectivity index (χ1) is 18.9. The van der Waals surface area contributed by atoms with Gasteiger partial charge in [0.05, 0.1) is 17.5 Å². The van der Waals surface area contributed by atoms with Crippen LogP contribution >= 0.6 is 0 Å². The lowest BCUT2D eigenvalue weighted by atomic mass is 10.0. The molecule has 0 saturated carbocycles. The molecule has 214 valence electrons. The van der Waals surface area contributed by atoms with E-state index in [9.17, 15) is 31.2 Å². The Morgan fingerprint density at radius 1 is 0.900 bits per heavy atom. The minimum absolute atomic E-state index is 0.0170. The fourth-order valence-electron chi connectivity index (χ4n) is 4.15. The zero-order chi connectivity index (χ0) is 29.3. The standard InChI is InChI=1S/C29H32F3N3O4S/c1-3-17-33-28(37)26(18-22-11-6-4-7-12-22)34(20-23-13-8-5-9-14-23)27(36)21-35(40(2,38)39)25-16-10-15-24(19-25)29(30,31)32/h4-16,19,26H,3,17-18,20-21H2,1-2H3,(H,33,37). The molecule has 40 heavy (non-hydrogen) atoms. The number of nitrogens with one attached hydrogen (secondary N) is 1. The van der Waals surface area contributed by atoms with E-state index in [0.29, 0.717) is 28.9 Å². The molecule has 0 bridgehead atoms. The van der Waals surface area contributed by atoms with Gasteiger partial charge in [-0.3, -0.25) is 13.9 Å². The van der Waals surface area contributed by atoms with Crippen LogP contribution in [-0.4, -0.2) is 50.5 Å². The molecular formula is C29H32F3N3O4S. The lowest BCUT2D eigenvalue weighted by Gasteiger charge is -2.33. The van der Waals surface area contributed by atoms with Crippen molar-refractivity contribution in [2.24, 2.45) is 0 Å². The second kappa shape index (κ2) is 13.5. The Balaban J connectivity index is 2.04. The number of hydrogen-bond donors (Lipinski definition) is 1. The summed E-state index contributed by atoms with van der Waals surface area (Å²) >= 11 is 0. The van der Waals surface area contributed by atoms with Crippen molar-refractivity contribution in [2.75, 3.05) is 23.7 Å². The van der Waals surface area contributed by atoms with Gasteiger partial charge in [0.25, 0.3) is 0 Å². The van der Waals surface area contributed by atoms with Gasteiger partial charge in [-0.15, -0.1) is 0 Å². The zero-order valence-corrected chi connectivity index (χ0v) is 23.1. The summed E-state index contributed by atoms with van der Waals surface area (Å²) in [5, 5.41) is 2.82. The van der Waals surface area contributed by atoms with Gasteiger partial charge in [-0.1, -0.05) is 73.7 Å². The van der Waals surface area contributed by atoms with Crippen molar-refractivity contribution in [1.82, 2.24) is 10.2 Å². The molecule has 3 rings (SSSR count). The van der Waals surface area contributed by atoms with Gasteiger partial charge in [-0.2, -0.15) is 13.2 Å². The summed E-state index contributed by atoms with van der Waals surface area (Å²) < 4.78 is 66.2. The summed E-state index contributed by atoms with van der Waals surface area (Å²) in [5.74, 6) is -1.15. The van der Waals surface area contributed by atoms with E-state index >= 15 is 0 Å². The maximum atomic E-state index is 13.9. The summed E-state index contributed by atoms with van der Waals surface area (Å²) in [6.07, 6.45) is -3.08. The van der Waals surface area contributed by atoms with Gasteiger partial charge >= 0.3 is 6.18 Å². The molecule has 0 spiro atoms. The van der Waals surface area contributed by atoms with Crippen LogP contribution in [0.2, 0.25) is 0 Å². The van der Waals surface area contributed by atoms with Crippen LogP contribution in [-0.2, 0) is 38.8 Å². The maximum absolute atomic E-state index is 13.9. The first-order valence-corrected chi connectivity index (χ1v) is 14.5. The number of sulfonamides is 1. The van der Waals surface area contributed by atoms with Crippen LogP contribution in [0.1, 0.15) is 30.0 Å². The number of amides is 2. The number of hydrogen-bond acceptors (Lipinski definition) is 4. The molecule has 1 atom stereocenters. The first-order valence-electron chi connectivity index (χ1n) is 12.7. The molecule has 1 unspecified atom stereocenters. The molecule has 3 aromatic carbocycles. The smallest absolute Gasteiger partial charge is 0.354 e. The monoisotopic (exact) mass is 575 g/mol. The molecule has 0 radical (unpaired) electrons. The predicted octanol–water partition coefficient (Wildman–Crippen LogP) is 4.64. The number of nitrogens with zero attached hydrogens (tertiary/aromatic N) is 2. The van der Waals surface area contributed by atoms with Gasteiger partial charge in [-0.25, -0.2) is 8.42 Å². The average Bonchev–Trinajstić information content (AvgIpc) is 2.92. The number of benzene rings is 3. The third-order valence-electron chi connectivity index (χ3n) is 6.16. The highest BCUT2D eigenvalue weighted by Gasteiger charge is 2.34. The van der Waals surface area contributed by atoms with Crippen LogP contribution in [0.5, 0.6) is 0 Å². The molecule has 0 aliphatic heterocycles. The molecule has 0 aliphatic rings. The van der Waals surface area contributed by atoms with Crippen LogP contribution in [0.3, 0.4) is 0 Å². The summed E-state index contributed by atoms with van der Waals surface area (Å²) in [5.41, 5.74) is 0.124. The Labute approximate surface area is 232 Å². The summed E-state index contributed by atoms with van der Waals surface area (Å²) in [7, 11) is -4.18. The van der Waals surface area contributed by atoms with Crippen molar-refractivity contribution in [3.05, 3.63) is 102 Å². The second-order valence-corrected chi connectivity index (χ2v) is 11.2. The molecule has 3 aromatic rings. The predicted molar refractivity (Wildman–Crippen MR) is 148 cm³/mol. The van der Waals surface area contributed by atoms with Crippen LogP contribution in [0.15, 0.2) is 84.9 Å². The summed E-state index contributed by atoms with van der Waals surface area (Å²) in [6.45, 7) is 1.45. The lowest BCUT2D eigenvalue weighted by Crippen LogP contribution is -2.53. The Bertz CT molecular complexity index is 1380. The van der Waals surface area contributed by atoms with E-state index in [-0.39, 0.29) is 18.7 Å². The quantitative estimate of drug-likeness (QED) is 0.341. The van der Waals surface area contributed by atoms with Gasteiger partial charge in [0.15, 0.2) is 0 Å². The Morgan fingerprint density at radius 3 is 2.05 bits per heavy atom. The largest absolute Gasteiger partial charge is 0.416 e. The second-order valence-electron chi connectivity index (χ2n) is 9.32. The maximum Gasteiger partial charge on any atom is 0.416 e. The minimum Gasteiger partial charge on any atom is -0.354 e. The fourth-order valence-corrected chi connectivity index (χ4v) is 4.99. The van der Waals surface area contributed by atoms with E-state index in [1.807, 2.05) is 25.1 Å². The lowest BCUT2D eigenvalue weighted by molar-refractivity contribution is -0.140. The highest BCUT2D eigenvalue weighted by Crippen LogP contribution is 2.32. The highest BCUT2D eigenvalue weighted by molar-refractivity contribution is 7.92. The number of carbonyl (C=O) groups excluding carboxylic acids is 2. The van der Waals surface area contributed by atoms with E-state index in [0.717, 1.165) is 24.0 Å². The van der Waals surface area contributed by atoms with Crippen molar-refractivity contribution in [1.29, 1.82) is 0 Å². The number of anilines is 1. The van der Waals surface area contributed by atoms with Crippen LogP contribution in [0.25, 0.3) is 0 Å². The van der Waals surface area contributed by atoms with E-state index in [2.05, 4.69) is 5.32 Å². The Kier molecular flexibility index (Phi) is 10.3. The van der Waals surface area contributed by atoms with Crippen molar-refractivity contribution in [3.63, 3.8) is 0 Å². The molecule has 0 aliphatic carbocycles.